The topological polar surface area (TPSA) is 64.4 Å². The van der Waals surface area contributed by atoms with Crippen molar-refractivity contribution in [2.24, 2.45) is 16.5 Å². The van der Waals surface area contributed by atoms with Gasteiger partial charge in [-0.2, -0.15) is 0 Å². The van der Waals surface area contributed by atoms with Crippen LogP contribution in [-0.2, 0) is 0 Å². The van der Waals surface area contributed by atoms with Gasteiger partial charge in [0.25, 0.3) is 0 Å². The maximum Gasteiger partial charge on any atom is 0.186 e. The number of rotatable bonds is 1. The summed E-state index contributed by atoms with van der Waals surface area (Å²) >= 11 is 0. The molecule has 1 unspecified atom stereocenters. The van der Waals surface area contributed by atoms with Gasteiger partial charge in [0.15, 0.2) is 5.96 Å². The van der Waals surface area contributed by atoms with Gasteiger partial charge in [-0.15, -0.1) is 0 Å². The van der Waals surface area contributed by atoms with Gasteiger partial charge >= 0.3 is 0 Å². The van der Waals surface area contributed by atoms with Crippen LogP contribution in [0, 0.1) is 0 Å². The SMILES string of the molecule is CC1=CCC(C)(N=C(N)N)C=C1. The van der Waals surface area contributed by atoms with Crippen LogP contribution in [0.15, 0.2) is 28.8 Å². The van der Waals surface area contributed by atoms with E-state index in [0.29, 0.717) is 0 Å². The Labute approximate surface area is 72.8 Å². The van der Waals surface area contributed by atoms with E-state index >= 15 is 0 Å². The first-order chi connectivity index (χ1) is 5.52. The molecule has 0 saturated heterocycles. The van der Waals surface area contributed by atoms with Gasteiger partial charge in [-0.05, 0) is 20.3 Å². The second kappa shape index (κ2) is 3.01. The van der Waals surface area contributed by atoms with Crippen molar-refractivity contribution in [2.45, 2.75) is 25.8 Å². The summed E-state index contributed by atoms with van der Waals surface area (Å²) in [5.74, 6) is 0.148. The monoisotopic (exact) mass is 165 g/mol. The Balaban J connectivity index is 2.79. The summed E-state index contributed by atoms with van der Waals surface area (Å²) in [5.41, 5.74) is 11.7. The van der Waals surface area contributed by atoms with Gasteiger partial charge in [0, 0.05) is 0 Å². The Morgan fingerprint density at radius 1 is 1.58 bits per heavy atom. The maximum absolute atomic E-state index is 5.32. The Morgan fingerprint density at radius 3 is 2.67 bits per heavy atom. The summed E-state index contributed by atoms with van der Waals surface area (Å²) in [4.78, 5) is 4.14. The second-order valence-electron chi connectivity index (χ2n) is 3.38. The van der Waals surface area contributed by atoms with Gasteiger partial charge in [0.1, 0.15) is 0 Å². The first kappa shape index (κ1) is 8.84. The molecule has 1 aliphatic rings. The summed E-state index contributed by atoms with van der Waals surface area (Å²) in [5, 5.41) is 0. The quantitative estimate of drug-likeness (QED) is 0.448. The van der Waals surface area contributed by atoms with E-state index in [-0.39, 0.29) is 11.5 Å². The van der Waals surface area contributed by atoms with Crippen molar-refractivity contribution in [3.63, 3.8) is 0 Å². The van der Waals surface area contributed by atoms with Gasteiger partial charge in [-0.25, -0.2) is 4.99 Å². The molecule has 1 rings (SSSR count). The molecule has 3 nitrogen and oxygen atoms in total. The lowest BCUT2D eigenvalue weighted by Gasteiger charge is -2.22. The number of hydrogen-bond donors (Lipinski definition) is 2. The summed E-state index contributed by atoms with van der Waals surface area (Å²) in [6.45, 7) is 4.07. The van der Waals surface area contributed by atoms with Crippen molar-refractivity contribution < 1.29 is 0 Å². The number of aliphatic imine (C=N–C) groups is 1. The number of allylic oxidation sites excluding steroid dienone is 2. The van der Waals surface area contributed by atoms with E-state index in [4.69, 9.17) is 11.5 Å². The third kappa shape index (κ3) is 2.12. The van der Waals surface area contributed by atoms with Crippen LogP contribution in [0.5, 0.6) is 0 Å². The number of hydrogen-bond acceptors (Lipinski definition) is 1. The van der Waals surface area contributed by atoms with E-state index < -0.39 is 0 Å². The van der Waals surface area contributed by atoms with Gasteiger partial charge in [-0.1, -0.05) is 23.8 Å². The zero-order chi connectivity index (χ0) is 9.19. The van der Waals surface area contributed by atoms with Crippen LogP contribution in [0.25, 0.3) is 0 Å². The number of guanidine groups is 1. The van der Waals surface area contributed by atoms with E-state index in [2.05, 4.69) is 18.0 Å². The van der Waals surface area contributed by atoms with Crippen molar-refractivity contribution >= 4 is 5.96 Å². The minimum Gasteiger partial charge on any atom is -0.370 e. The molecule has 66 valence electrons. The average molecular weight is 165 g/mol. The van der Waals surface area contributed by atoms with Crippen LogP contribution in [0.4, 0.5) is 0 Å². The Hall–Kier alpha value is -1.25. The largest absolute Gasteiger partial charge is 0.370 e. The average Bonchev–Trinajstić information content (AvgIpc) is 1.94. The summed E-state index contributed by atoms with van der Waals surface area (Å²) in [6.07, 6.45) is 7.07. The van der Waals surface area contributed by atoms with Crippen LogP contribution in [0.1, 0.15) is 20.3 Å². The molecule has 0 fully saturated rings. The van der Waals surface area contributed by atoms with Crippen LogP contribution >= 0.6 is 0 Å². The molecule has 12 heavy (non-hydrogen) atoms. The van der Waals surface area contributed by atoms with E-state index in [0.717, 1.165) is 6.42 Å². The summed E-state index contributed by atoms with van der Waals surface area (Å²) in [6, 6.07) is 0. The third-order valence-electron chi connectivity index (χ3n) is 1.93. The van der Waals surface area contributed by atoms with Gasteiger partial charge in [0.05, 0.1) is 5.54 Å². The van der Waals surface area contributed by atoms with Gasteiger partial charge < -0.3 is 11.5 Å². The molecule has 0 spiro atoms. The van der Waals surface area contributed by atoms with Crippen molar-refractivity contribution in [3.8, 4) is 0 Å². The summed E-state index contributed by atoms with van der Waals surface area (Å²) < 4.78 is 0. The predicted molar refractivity (Wildman–Crippen MR) is 51.7 cm³/mol. The second-order valence-corrected chi connectivity index (χ2v) is 3.38. The van der Waals surface area contributed by atoms with Crippen molar-refractivity contribution in [2.75, 3.05) is 0 Å². The highest BCUT2D eigenvalue weighted by Crippen LogP contribution is 2.23. The molecule has 0 aliphatic heterocycles. The number of nitrogens with zero attached hydrogens (tertiary/aromatic N) is 1. The van der Waals surface area contributed by atoms with Crippen LogP contribution in [0.2, 0.25) is 0 Å². The fourth-order valence-electron chi connectivity index (χ4n) is 1.19. The Kier molecular flexibility index (Phi) is 2.22. The van der Waals surface area contributed by atoms with E-state index in [1.165, 1.54) is 5.57 Å². The molecule has 0 aromatic heterocycles. The van der Waals surface area contributed by atoms with Crippen LogP contribution < -0.4 is 11.5 Å². The molecule has 0 bridgehead atoms. The third-order valence-corrected chi connectivity index (χ3v) is 1.93. The number of nitrogens with two attached hydrogens (primary N) is 2. The molecule has 0 amide bonds. The molecule has 0 heterocycles. The fourth-order valence-corrected chi connectivity index (χ4v) is 1.19. The smallest absolute Gasteiger partial charge is 0.186 e. The molecule has 3 heteroatoms. The van der Waals surface area contributed by atoms with Crippen molar-refractivity contribution in [1.29, 1.82) is 0 Å². The van der Waals surface area contributed by atoms with E-state index in [9.17, 15) is 0 Å². The molecule has 0 radical (unpaired) electrons. The molecule has 4 N–H and O–H groups in total. The van der Waals surface area contributed by atoms with Crippen molar-refractivity contribution in [1.82, 2.24) is 0 Å². The first-order valence-corrected chi connectivity index (χ1v) is 3.99. The van der Waals surface area contributed by atoms with Gasteiger partial charge in [0.2, 0.25) is 0 Å². The standard InChI is InChI=1S/C9H15N3/c1-7-3-5-9(2,6-4-7)12-8(10)11/h3-5H,6H2,1-2H3,(H4,10,11,12). The minimum absolute atomic E-state index is 0.148. The highest BCUT2D eigenvalue weighted by atomic mass is 15.0. The van der Waals surface area contributed by atoms with E-state index in [1.807, 2.05) is 19.1 Å². The molecule has 1 atom stereocenters. The van der Waals surface area contributed by atoms with Crippen molar-refractivity contribution in [3.05, 3.63) is 23.8 Å². The normalized spacial score (nSPS) is 28.0. The van der Waals surface area contributed by atoms with Gasteiger partial charge in [-0.3, -0.25) is 0 Å². The first-order valence-electron chi connectivity index (χ1n) is 3.99. The predicted octanol–water partition coefficient (Wildman–Crippen LogP) is 0.925. The molecule has 0 saturated carbocycles. The minimum atomic E-state index is -0.238. The highest BCUT2D eigenvalue weighted by molar-refractivity contribution is 5.76. The van der Waals surface area contributed by atoms with E-state index in [1.54, 1.807) is 0 Å². The summed E-state index contributed by atoms with van der Waals surface area (Å²) in [7, 11) is 0. The zero-order valence-electron chi connectivity index (χ0n) is 7.54. The lowest BCUT2D eigenvalue weighted by Crippen LogP contribution is -2.30. The zero-order valence-corrected chi connectivity index (χ0v) is 7.54. The Morgan fingerprint density at radius 2 is 2.25 bits per heavy atom. The lowest BCUT2D eigenvalue weighted by molar-refractivity contribution is 0.588. The highest BCUT2D eigenvalue weighted by Gasteiger charge is 2.20. The lowest BCUT2D eigenvalue weighted by atomic mass is 9.92. The maximum atomic E-state index is 5.32. The molecular weight excluding hydrogens is 150 g/mol. The molecular formula is C9H15N3. The molecule has 0 aromatic carbocycles. The Bertz CT molecular complexity index is 259. The van der Waals surface area contributed by atoms with Crippen LogP contribution in [-0.4, -0.2) is 11.5 Å². The van der Waals surface area contributed by atoms with Crippen LogP contribution in [0.3, 0.4) is 0 Å². The molecule has 0 aromatic rings. The fraction of sp³-hybridized carbons (Fsp3) is 0.444. The molecule has 1 aliphatic carbocycles.